The summed E-state index contributed by atoms with van der Waals surface area (Å²) in [7, 11) is 0. The molecular weight excluding hydrogens is 220 g/mol. The second-order valence-corrected chi connectivity index (χ2v) is 7.57. The number of hydrogen-bond acceptors (Lipinski definition) is 2. The monoisotopic (exact) mass is 254 g/mol. The van der Waals surface area contributed by atoms with Crippen LogP contribution in [0.25, 0.3) is 0 Å². The van der Waals surface area contributed by atoms with E-state index in [2.05, 4.69) is 46.4 Å². The van der Waals surface area contributed by atoms with E-state index < -0.39 is 0 Å². The Bertz CT molecular complexity index is 260. The van der Waals surface area contributed by atoms with E-state index in [4.69, 9.17) is 5.73 Å². The molecule has 1 saturated carbocycles. The third-order valence-electron chi connectivity index (χ3n) is 4.51. The van der Waals surface area contributed by atoms with Crippen molar-refractivity contribution in [3.63, 3.8) is 0 Å². The van der Waals surface area contributed by atoms with E-state index in [1.807, 2.05) is 0 Å². The second kappa shape index (κ2) is 5.92. The zero-order valence-corrected chi connectivity index (χ0v) is 13.4. The van der Waals surface area contributed by atoms with Gasteiger partial charge >= 0.3 is 0 Å². The average molecular weight is 254 g/mol. The van der Waals surface area contributed by atoms with Crippen LogP contribution in [-0.2, 0) is 0 Å². The van der Waals surface area contributed by atoms with Gasteiger partial charge in [0.2, 0.25) is 0 Å². The van der Waals surface area contributed by atoms with Crippen molar-refractivity contribution >= 4 is 0 Å². The molecular formula is C16H34N2. The van der Waals surface area contributed by atoms with Gasteiger partial charge in [0.05, 0.1) is 0 Å². The van der Waals surface area contributed by atoms with Crippen LogP contribution in [0.1, 0.15) is 67.2 Å². The van der Waals surface area contributed by atoms with E-state index in [0.29, 0.717) is 11.5 Å². The fourth-order valence-electron chi connectivity index (χ4n) is 4.47. The number of nitrogens with zero attached hydrogens (tertiary/aromatic N) is 1. The molecule has 108 valence electrons. The molecule has 2 atom stereocenters. The fraction of sp³-hybridized carbons (Fsp3) is 1.00. The minimum atomic E-state index is 0.228. The van der Waals surface area contributed by atoms with Crippen molar-refractivity contribution in [2.75, 3.05) is 13.1 Å². The Kier molecular flexibility index (Phi) is 5.25. The molecule has 2 heteroatoms. The predicted molar refractivity (Wildman–Crippen MR) is 80.7 cm³/mol. The summed E-state index contributed by atoms with van der Waals surface area (Å²) in [5, 5.41) is 0. The van der Waals surface area contributed by atoms with E-state index in [1.54, 1.807) is 0 Å². The Morgan fingerprint density at radius 1 is 1.28 bits per heavy atom. The van der Waals surface area contributed by atoms with Crippen molar-refractivity contribution in [1.82, 2.24) is 4.90 Å². The quantitative estimate of drug-likeness (QED) is 0.811. The van der Waals surface area contributed by atoms with Crippen LogP contribution in [0.5, 0.6) is 0 Å². The molecule has 0 aliphatic heterocycles. The summed E-state index contributed by atoms with van der Waals surface area (Å²) in [4.78, 5) is 2.68. The van der Waals surface area contributed by atoms with Crippen molar-refractivity contribution in [3.05, 3.63) is 0 Å². The first-order valence-electron chi connectivity index (χ1n) is 7.73. The zero-order valence-electron chi connectivity index (χ0n) is 13.4. The molecule has 1 aliphatic rings. The highest BCUT2D eigenvalue weighted by atomic mass is 15.2. The van der Waals surface area contributed by atoms with Gasteiger partial charge < -0.3 is 5.73 Å². The summed E-state index contributed by atoms with van der Waals surface area (Å²) in [6.45, 7) is 16.1. The van der Waals surface area contributed by atoms with Crippen LogP contribution in [0.3, 0.4) is 0 Å². The van der Waals surface area contributed by atoms with Gasteiger partial charge in [-0.2, -0.15) is 0 Å². The van der Waals surface area contributed by atoms with E-state index in [0.717, 1.165) is 12.5 Å². The Labute approximate surface area is 114 Å². The lowest BCUT2D eigenvalue weighted by atomic mass is 9.63. The van der Waals surface area contributed by atoms with Gasteiger partial charge in [0.25, 0.3) is 0 Å². The van der Waals surface area contributed by atoms with Crippen LogP contribution in [0.15, 0.2) is 0 Å². The minimum absolute atomic E-state index is 0.228. The molecule has 0 radical (unpaired) electrons. The lowest BCUT2D eigenvalue weighted by Gasteiger charge is -2.54. The van der Waals surface area contributed by atoms with Gasteiger partial charge in [-0.3, -0.25) is 4.90 Å². The SMILES string of the molecule is CCCN(C(C)C)C1(CN)CC(C)CC(C)(C)C1. The standard InChI is InChI=1S/C16H34N2/c1-7-8-18(13(2)3)16(12-17)10-14(4)9-15(5,6)11-16/h13-14H,7-12,17H2,1-6H3. The van der Waals surface area contributed by atoms with Crippen molar-refractivity contribution in [2.24, 2.45) is 17.1 Å². The van der Waals surface area contributed by atoms with Crippen molar-refractivity contribution in [2.45, 2.75) is 78.8 Å². The van der Waals surface area contributed by atoms with Crippen molar-refractivity contribution in [1.29, 1.82) is 0 Å². The summed E-state index contributed by atoms with van der Waals surface area (Å²) >= 11 is 0. The normalized spacial score (nSPS) is 32.2. The number of hydrogen-bond donors (Lipinski definition) is 1. The molecule has 0 spiro atoms. The predicted octanol–water partition coefficient (Wildman–Crippen LogP) is 3.65. The van der Waals surface area contributed by atoms with E-state index in [-0.39, 0.29) is 5.54 Å². The highest BCUT2D eigenvalue weighted by Crippen LogP contribution is 2.46. The summed E-state index contributed by atoms with van der Waals surface area (Å²) < 4.78 is 0. The Morgan fingerprint density at radius 3 is 2.28 bits per heavy atom. The van der Waals surface area contributed by atoms with Gasteiger partial charge in [0.15, 0.2) is 0 Å². The minimum Gasteiger partial charge on any atom is -0.329 e. The second-order valence-electron chi connectivity index (χ2n) is 7.57. The molecule has 0 saturated heterocycles. The first-order valence-corrected chi connectivity index (χ1v) is 7.73. The molecule has 0 aromatic heterocycles. The molecule has 18 heavy (non-hydrogen) atoms. The molecule has 0 aromatic rings. The van der Waals surface area contributed by atoms with E-state index in [9.17, 15) is 0 Å². The van der Waals surface area contributed by atoms with Gasteiger partial charge in [0.1, 0.15) is 0 Å². The average Bonchev–Trinajstić information content (AvgIpc) is 2.22. The summed E-state index contributed by atoms with van der Waals surface area (Å²) in [5.74, 6) is 0.787. The Morgan fingerprint density at radius 2 is 1.89 bits per heavy atom. The van der Waals surface area contributed by atoms with Crippen LogP contribution in [0.2, 0.25) is 0 Å². The Balaban J connectivity index is 3.01. The summed E-state index contributed by atoms with van der Waals surface area (Å²) in [5.41, 5.74) is 6.90. The smallest absolute Gasteiger partial charge is 0.0342 e. The van der Waals surface area contributed by atoms with Gasteiger partial charge in [-0.15, -0.1) is 0 Å². The number of rotatable bonds is 5. The highest BCUT2D eigenvalue weighted by molar-refractivity contribution is 5.02. The molecule has 2 N–H and O–H groups in total. The Hall–Kier alpha value is -0.0800. The number of nitrogens with two attached hydrogens (primary N) is 1. The van der Waals surface area contributed by atoms with Crippen molar-refractivity contribution < 1.29 is 0 Å². The molecule has 0 bridgehead atoms. The first-order chi connectivity index (χ1) is 8.26. The lowest BCUT2D eigenvalue weighted by Crippen LogP contribution is -2.61. The third kappa shape index (κ3) is 3.48. The largest absolute Gasteiger partial charge is 0.329 e. The first kappa shape index (κ1) is 16.0. The third-order valence-corrected chi connectivity index (χ3v) is 4.51. The molecule has 2 nitrogen and oxygen atoms in total. The molecule has 1 aliphatic carbocycles. The van der Waals surface area contributed by atoms with E-state index >= 15 is 0 Å². The lowest BCUT2D eigenvalue weighted by molar-refractivity contribution is -0.0288. The van der Waals surface area contributed by atoms with Gasteiger partial charge in [0, 0.05) is 18.1 Å². The molecule has 1 fully saturated rings. The molecule has 2 unspecified atom stereocenters. The van der Waals surface area contributed by atoms with Crippen LogP contribution >= 0.6 is 0 Å². The van der Waals surface area contributed by atoms with Crippen LogP contribution in [0.4, 0.5) is 0 Å². The molecule has 0 aromatic carbocycles. The summed E-state index contributed by atoms with van der Waals surface area (Å²) in [6.07, 6.45) is 5.08. The van der Waals surface area contributed by atoms with Gasteiger partial charge in [-0.1, -0.05) is 27.7 Å². The van der Waals surface area contributed by atoms with Crippen molar-refractivity contribution in [3.8, 4) is 0 Å². The maximum atomic E-state index is 6.25. The van der Waals surface area contributed by atoms with Crippen LogP contribution < -0.4 is 5.73 Å². The highest BCUT2D eigenvalue weighted by Gasteiger charge is 2.45. The maximum Gasteiger partial charge on any atom is 0.0342 e. The topological polar surface area (TPSA) is 29.3 Å². The summed E-state index contributed by atoms with van der Waals surface area (Å²) in [6, 6.07) is 0.592. The zero-order chi connectivity index (χ0) is 14.0. The fourth-order valence-corrected chi connectivity index (χ4v) is 4.47. The molecule has 1 rings (SSSR count). The van der Waals surface area contributed by atoms with Crippen LogP contribution in [0, 0.1) is 11.3 Å². The van der Waals surface area contributed by atoms with Crippen LogP contribution in [-0.4, -0.2) is 29.6 Å². The van der Waals surface area contributed by atoms with Gasteiger partial charge in [-0.25, -0.2) is 0 Å². The van der Waals surface area contributed by atoms with E-state index in [1.165, 1.54) is 32.2 Å². The molecule has 0 heterocycles. The van der Waals surface area contributed by atoms with Gasteiger partial charge in [-0.05, 0) is 57.4 Å². The molecule has 0 amide bonds. The maximum absolute atomic E-state index is 6.25.